The number of hydrogen-bond acceptors (Lipinski definition) is 5. The molecule has 9 nitrogen and oxygen atoms in total. The van der Waals surface area contributed by atoms with Crippen molar-refractivity contribution in [3.8, 4) is 0 Å². The van der Waals surface area contributed by atoms with Crippen molar-refractivity contribution in [1.29, 1.82) is 0 Å². The van der Waals surface area contributed by atoms with Gasteiger partial charge in [0.2, 0.25) is 11.8 Å². The van der Waals surface area contributed by atoms with E-state index in [0.29, 0.717) is 11.3 Å². The van der Waals surface area contributed by atoms with Crippen LogP contribution in [0.2, 0.25) is 0 Å². The standard InChI is InChI=1S/C29H40N4O5/c1-18-13-15-20(16-14-18)24(25(35)31-21-12-10-9-11-19(21)2)33(28(3,4)5)26(36)22(17-23(30)34)32-27(37)38-29(6,7)8/h9-16,22,24H,17H2,1-8H3,(H2,30,34)(H,31,35)(H,32,37). The maximum atomic E-state index is 14.1. The van der Waals surface area contributed by atoms with E-state index in [1.807, 2.05) is 44.2 Å². The Morgan fingerprint density at radius 2 is 1.50 bits per heavy atom. The average Bonchev–Trinajstić information content (AvgIpc) is 2.76. The van der Waals surface area contributed by atoms with Gasteiger partial charge in [0.25, 0.3) is 5.91 Å². The summed E-state index contributed by atoms with van der Waals surface area (Å²) in [4.78, 5) is 53.9. The van der Waals surface area contributed by atoms with Crippen LogP contribution in [-0.4, -0.2) is 45.9 Å². The van der Waals surface area contributed by atoms with Gasteiger partial charge in [-0.1, -0.05) is 48.0 Å². The SMILES string of the molecule is Cc1ccc(C(C(=O)Nc2ccccc2C)N(C(=O)C(CC(N)=O)NC(=O)OC(C)(C)C)C(C)(C)C)cc1. The molecule has 0 saturated carbocycles. The van der Waals surface area contributed by atoms with Crippen LogP contribution in [0.4, 0.5) is 10.5 Å². The maximum Gasteiger partial charge on any atom is 0.408 e. The largest absolute Gasteiger partial charge is 0.444 e. The second-order valence-corrected chi connectivity index (χ2v) is 11.4. The maximum absolute atomic E-state index is 14.1. The van der Waals surface area contributed by atoms with Crippen molar-refractivity contribution in [2.45, 2.75) is 85.0 Å². The lowest BCUT2D eigenvalue weighted by Gasteiger charge is -2.43. The minimum atomic E-state index is -1.35. The van der Waals surface area contributed by atoms with Crippen LogP contribution in [0, 0.1) is 13.8 Å². The number of nitrogens with zero attached hydrogens (tertiary/aromatic N) is 1. The summed E-state index contributed by atoms with van der Waals surface area (Å²) < 4.78 is 5.31. The molecule has 9 heteroatoms. The molecule has 38 heavy (non-hydrogen) atoms. The van der Waals surface area contributed by atoms with Gasteiger partial charge in [-0.2, -0.15) is 0 Å². The Morgan fingerprint density at radius 1 is 0.921 bits per heavy atom. The fourth-order valence-corrected chi connectivity index (χ4v) is 3.94. The lowest BCUT2D eigenvalue weighted by Crippen LogP contribution is -2.58. The Bertz CT molecular complexity index is 1160. The molecule has 0 spiro atoms. The van der Waals surface area contributed by atoms with E-state index in [1.165, 1.54) is 4.90 Å². The molecule has 2 aromatic rings. The third-order valence-corrected chi connectivity index (χ3v) is 5.66. The zero-order valence-electron chi connectivity index (χ0n) is 23.5. The number of nitrogens with two attached hydrogens (primary N) is 1. The molecule has 4 amide bonds. The van der Waals surface area contributed by atoms with Crippen LogP contribution in [0.5, 0.6) is 0 Å². The third kappa shape index (κ3) is 8.61. The molecule has 0 aliphatic rings. The first kappa shape index (κ1) is 30.3. The van der Waals surface area contributed by atoms with E-state index in [1.54, 1.807) is 59.7 Å². The van der Waals surface area contributed by atoms with Crippen molar-refractivity contribution in [3.05, 3.63) is 65.2 Å². The molecule has 206 valence electrons. The van der Waals surface area contributed by atoms with Gasteiger partial charge in [0.15, 0.2) is 0 Å². The number of alkyl carbamates (subject to hydrolysis) is 1. The Kier molecular flexibility index (Phi) is 9.67. The number of carbonyl (C=O) groups is 4. The molecule has 4 N–H and O–H groups in total. The predicted molar refractivity (Wildman–Crippen MR) is 147 cm³/mol. The number of anilines is 1. The zero-order chi connectivity index (χ0) is 28.8. The first-order valence-corrected chi connectivity index (χ1v) is 12.5. The van der Waals surface area contributed by atoms with Crippen LogP contribution in [-0.2, 0) is 19.1 Å². The first-order chi connectivity index (χ1) is 17.5. The molecule has 2 atom stereocenters. The quantitative estimate of drug-likeness (QED) is 0.472. The van der Waals surface area contributed by atoms with Gasteiger partial charge in [0, 0.05) is 11.2 Å². The molecule has 2 rings (SSSR count). The van der Waals surface area contributed by atoms with Crippen molar-refractivity contribution >= 4 is 29.5 Å². The van der Waals surface area contributed by atoms with Crippen LogP contribution in [0.3, 0.4) is 0 Å². The number of benzene rings is 2. The second kappa shape index (κ2) is 12.1. The van der Waals surface area contributed by atoms with Crippen molar-refractivity contribution in [3.63, 3.8) is 0 Å². The van der Waals surface area contributed by atoms with E-state index in [9.17, 15) is 19.2 Å². The molecular formula is C29H40N4O5. The number of rotatable bonds is 8. The molecule has 0 aromatic heterocycles. The van der Waals surface area contributed by atoms with Gasteiger partial charge < -0.3 is 26.0 Å². The number of ether oxygens (including phenoxy) is 1. The molecule has 0 aliphatic carbocycles. The van der Waals surface area contributed by atoms with E-state index in [-0.39, 0.29) is 0 Å². The number of primary amides is 1. The molecule has 2 aromatic carbocycles. The first-order valence-electron chi connectivity index (χ1n) is 12.5. The van der Waals surface area contributed by atoms with Gasteiger partial charge in [0.05, 0.1) is 6.42 Å². The summed E-state index contributed by atoms with van der Waals surface area (Å²) in [5, 5.41) is 5.43. The van der Waals surface area contributed by atoms with Crippen molar-refractivity contribution in [2.75, 3.05) is 5.32 Å². The lowest BCUT2D eigenvalue weighted by atomic mass is 9.94. The summed E-state index contributed by atoms with van der Waals surface area (Å²) >= 11 is 0. The molecule has 0 aliphatic heterocycles. The smallest absolute Gasteiger partial charge is 0.408 e. The minimum Gasteiger partial charge on any atom is -0.444 e. The van der Waals surface area contributed by atoms with Gasteiger partial charge >= 0.3 is 6.09 Å². The summed E-state index contributed by atoms with van der Waals surface area (Å²) in [6, 6.07) is 12.2. The Hall–Kier alpha value is -3.88. The van der Waals surface area contributed by atoms with E-state index >= 15 is 0 Å². The van der Waals surface area contributed by atoms with Crippen molar-refractivity contribution < 1.29 is 23.9 Å². The monoisotopic (exact) mass is 524 g/mol. The minimum absolute atomic E-state index is 0.443. The Morgan fingerprint density at radius 3 is 2.00 bits per heavy atom. The van der Waals surface area contributed by atoms with Crippen molar-refractivity contribution in [2.24, 2.45) is 5.73 Å². The van der Waals surface area contributed by atoms with Crippen LogP contribution in [0.1, 0.15) is 70.7 Å². The number of aryl methyl sites for hydroxylation is 2. The van der Waals surface area contributed by atoms with Gasteiger partial charge in [-0.15, -0.1) is 0 Å². The van der Waals surface area contributed by atoms with Crippen LogP contribution in [0.25, 0.3) is 0 Å². The molecule has 0 saturated heterocycles. The van der Waals surface area contributed by atoms with Crippen molar-refractivity contribution in [1.82, 2.24) is 10.2 Å². The highest BCUT2D eigenvalue weighted by molar-refractivity contribution is 6.00. The van der Waals surface area contributed by atoms with E-state index in [2.05, 4.69) is 10.6 Å². The molecule has 0 fully saturated rings. The zero-order valence-corrected chi connectivity index (χ0v) is 23.5. The molecule has 2 unspecified atom stereocenters. The van der Waals surface area contributed by atoms with E-state index in [4.69, 9.17) is 10.5 Å². The number of carbonyl (C=O) groups excluding carboxylic acids is 4. The number of para-hydroxylation sites is 1. The van der Waals surface area contributed by atoms with Gasteiger partial charge in [-0.05, 0) is 72.6 Å². The summed E-state index contributed by atoms with van der Waals surface area (Å²) in [7, 11) is 0. The summed E-state index contributed by atoms with van der Waals surface area (Å²) in [6.45, 7) is 14.2. The van der Waals surface area contributed by atoms with E-state index in [0.717, 1.165) is 11.1 Å². The topological polar surface area (TPSA) is 131 Å². The lowest BCUT2D eigenvalue weighted by molar-refractivity contribution is -0.147. The average molecular weight is 525 g/mol. The number of nitrogens with one attached hydrogen (secondary N) is 2. The molecule has 0 bridgehead atoms. The summed E-state index contributed by atoms with van der Waals surface area (Å²) in [6.07, 6.45) is -1.34. The normalized spacial score (nSPS) is 13.2. The van der Waals surface area contributed by atoms with Gasteiger partial charge in [-0.3, -0.25) is 14.4 Å². The predicted octanol–water partition coefficient (Wildman–Crippen LogP) is 4.38. The fourth-order valence-electron chi connectivity index (χ4n) is 3.94. The van der Waals surface area contributed by atoms with Gasteiger partial charge in [0.1, 0.15) is 17.7 Å². The molecule has 0 radical (unpaired) electrons. The summed E-state index contributed by atoms with van der Waals surface area (Å²) in [5.41, 5.74) is 6.73. The van der Waals surface area contributed by atoms with Gasteiger partial charge in [-0.25, -0.2) is 4.79 Å². The highest BCUT2D eigenvalue weighted by atomic mass is 16.6. The van der Waals surface area contributed by atoms with Crippen LogP contribution < -0.4 is 16.4 Å². The highest BCUT2D eigenvalue weighted by Gasteiger charge is 2.42. The highest BCUT2D eigenvalue weighted by Crippen LogP contribution is 2.32. The Labute approximate surface area is 225 Å². The van der Waals surface area contributed by atoms with Crippen LogP contribution >= 0.6 is 0 Å². The van der Waals surface area contributed by atoms with Crippen LogP contribution in [0.15, 0.2) is 48.5 Å². The summed E-state index contributed by atoms with van der Waals surface area (Å²) in [5.74, 6) is -1.88. The third-order valence-electron chi connectivity index (χ3n) is 5.66. The molecular weight excluding hydrogens is 484 g/mol. The number of hydrogen-bond donors (Lipinski definition) is 3. The molecule has 0 heterocycles. The van der Waals surface area contributed by atoms with E-state index < -0.39 is 53.5 Å². The Balaban J connectivity index is 2.59. The number of amides is 4. The second-order valence-electron chi connectivity index (χ2n) is 11.4. The fraction of sp³-hybridized carbons (Fsp3) is 0.448.